The van der Waals surface area contributed by atoms with Gasteiger partial charge in [-0.05, 0) is 27.8 Å². The van der Waals surface area contributed by atoms with Gasteiger partial charge in [-0.2, -0.15) is 15.0 Å². The van der Waals surface area contributed by atoms with Gasteiger partial charge in [-0.3, -0.25) is 4.90 Å². The van der Waals surface area contributed by atoms with Gasteiger partial charge in [0.05, 0.1) is 0 Å². The van der Waals surface area contributed by atoms with Crippen molar-refractivity contribution < 1.29 is 0 Å². The lowest BCUT2D eigenvalue weighted by atomic mass is 10.0. The molecule has 0 amide bonds. The predicted molar refractivity (Wildman–Crippen MR) is 87.2 cm³/mol. The number of anilines is 3. The molecule has 1 N–H and O–H groups in total. The average Bonchev–Trinajstić information content (AvgIpc) is 2.41. The molecule has 0 radical (unpaired) electrons. The molecule has 0 aromatic carbocycles. The molecule has 7 heteroatoms. The molecule has 1 aliphatic heterocycles. The number of aromatic nitrogens is 3. The Kier molecular flexibility index (Phi) is 4.51. The van der Waals surface area contributed by atoms with E-state index in [0.717, 1.165) is 32.1 Å². The van der Waals surface area contributed by atoms with E-state index in [9.17, 15) is 0 Å². The minimum absolute atomic E-state index is 0.113. The van der Waals surface area contributed by atoms with E-state index in [1.807, 2.05) is 25.9 Å². The highest BCUT2D eigenvalue weighted by atomic mass is 15.4. The minimum atomic E-state index is 0.113. The summed E-state index contributed by atoms with van der Waals surface area (Å²) < 4.78 is 0. The van der Waals surface area contributed by atoms with Crippen molar-refractivity contribution in [3.05, 3.63) is 0 Å². The van der Waals surface area contributed by atoms with Crippen molar-refractivity contribution >= 4 is 17.8 Å². The summed E-state index contributed by atoms with van der Waals surface area (Å²) in [4.78, 5) is 20.1. The fourth-order valence-corrected chi connectivity index (χ4v) is 2.34. The number of hydrogen-bond acceptors (Lipinski definition) is 7. The second kappa shape index (κ2) is 6.01. The van der Waals surface area contributed by atoms with Crippen LogP contribution in [0.4, 0.5) is 17.8 Å². The van der Waals surface area contributed by atoms with Crippen molar-refractivity contribution in [2.45, 2.75) is 26.3 Å². The van der Waals surface area contributed by atoms with Gasteiger partial charge >= 0.3 is 0 Å². The molecule has 118 valence electrons. The number of hydrogen-bond donors (Lipinski definition) is 1. The molecule has 0 bridgehead atoms. The zero-order chi connectivity index (χ0) is 15.6. The summed E-state index contributed by atoms with van der Waals surface area (Å²) in [5, 5.41) is 3.19. The van der Waals surface area contributed by atoms with Crippen LogP contribution in [0.2, 0.25) is 0 Å². The highest BCUT2D eigenvalue weighted by molar-refractivity contribution is 5.45. The lowest BCUT2D eigenvalue weighted by molar-refractivity contribution is 0.138. The Balaban J connectivity index is 2.30. The molecule has 1 aromatic heterocycles. The molecule has 2 heterocycles. The summed E-state index contributed by atoms with van der Waals surface area (Å²) in [7, 11) is 6.06. The maximum absolute atomic E-state index is 4.60. The molecular weight excluding hydrogens is 266 g/mol. The van der Waals surface area contributed by atoms with Crippen LogP contribution in [0, 0.1) is 0 Å². The third-order valence-electron chi connectivity index (χ3n) is 3.95. The maximum atomic E-state index is 4.60. The van der Waals surface area contributed by atoms with Crippen molar-refractivity contribution in [2.24, 2.45) is 0 Å². The second-order valence-electron chi connectivity index (χ2n) is 6.34. The van der Waals surface area contributed by atoms with Crippen LogP contribution in [0.1, 0.15) is 20.8 Å². The van der Waals surface area contributed by atoms with E-state index >= 15 is 0 Å². The van der Waals surface area contributed by atoms with E-state index in [0.29, 0.717) is 11.9 Å². The summed E-state index contributed by atoms with van der Waals surface area (Å²) in [5.41, 5.74) is 0.113. The Morgan fingerprint density at radius 1 is 1.19 bits per heavy atom. The zero-order valence-electron chi connectivity index (χ0n) is 14.0. The van der Waals surface area contributed by atoms with E-state index in [1.165, 1.54) is 0 Å². The van der Waals surface area contributed by atoms with Crippen molar-refractivity contribution in [2.75, 3.05) is 62.4 Å². The molecule has 0 saturated carbocycles. The van der Waals surface area contributed by atoms with Gasteiger partial charge in [-0.1, -0.05) is 0 Å². The molecular formula is C14H27N7. The van der Waals surface area contributed by atoms with E-state index in [2.05, 4.69) is 51.0 Å². The first-order valence-corrected chi connectivity index (χ1v) is 7.47. The highest BCUT2D eigenvalue weighted by Crippen LogP contribution is 2.23. The van der Waals surface area contributed by atoms with Crippen LogP contribution in [-0.2, 0) is 0 Å². The lowest BCUT2D eigenvalue weighted by Crippen LogP contribution is -2.58. The quantitative estimate of drug-likeness (QED) is 0.885. The van der Waals surface area contributed by atoms with Gasteiger partial charge in [-0.25, -0.2) is 0 Å². The van der Waals surface area contributed by atoms with Crippen LogP contribution in [0.3, 0.4) is 0 Å². The molecule has 0 spiro atoms. The molecule has 21 heavy (non-hydrogen) atoms. The molecule has 1 saturated heterocycles. The molecule has 0 aliphatic carbocycles. The minimum Gasteiger partial charge on any atom is -0.354 e. The topological polar surface area (TPSA) is 60.4 Å². The van der Waals surface area contributed by atoms with Crippen LogP contribution in [0.15, 0.2) is 0 Å². The monoisotopic (exact) mass is 293 g/mol. The summed E-state index contributed by atoms with van der Waals surface area (Å²) in [6, 6.07) is 0. The van der Waals surface area contributed by atoms with E-state index < -0.39 is 0 Å². The van der Waals surface area contributed by atoms with Crippen molar-refractivity contribution in [3.63, 3.8) is 0 Å². The molecule has 1 aliphatic rings. The van der Waals surface area contributed by atoms with Crippen molar-refractivity contribution in [3.8, 4) is 0 Å². The first-order chi connectivity index (χ1) is 9.83. The summed E-state index contributed by atoms with van der Waals surface area (Å²) in [6.07, 6.45) is 0. The molecule has 0 atom stereocenters. The van der Waals surface area contributed by atoms with Crippen molar-refractivity contribution in [1.82, 2.24) is 19.9 Å². The third kappa shape index (κ3) is 3.53. The number of nitrogens with zero attached hydrogens (tertiary/aromatic N) is 6. The van der Waals surface area contributed by atoms with Gasteiger partial charge in [0.1, 0.15) is 0 Å². The van der Waals surface area contributed by atoms with E-state index in [4.69, 9.17) is 0 Å². The number of nitrogens with one attached hydrogen (secondary N) is 1. The van der Waals surface area contributed by atoms with Gasteiger partial charge in [0.15, 0.2) is 0 Å². The highest BCUT2D eigenvalue weighted by Gasteiger charge is 2.32. The standard InChI is InChI=1S/C14H27N7/c1-7-15-11-16-12(19(4)5)18-13(17-11)21-9-8-20(6)14(2,3)10-21/h7-10H2,1-6H3,(H,15,16,17,18). The first kappa shape index (κ1) is 15.8. The molecule has 7 nitrogen and oxygen atoms in total. The summed E-state index contributed by atoms with van der Waals surface area (Å²) >= 11 is 0. The molecule has 2 rings (SSSR count). The Hall–Kier alpha value is -1.63. The Bertz CT molecular complexity index is 486. The Morgan fingerprint density at radius 3 is 2.48 bits per heavy atom. The predicted octanol–water partition coefficient (Wildman–Crippen LogP) is 0.900. The average molecular weight is 293 g/mol. The van der Waals surface area contributed by atoms with Crippen LogP contribution >= 0.6 is 0 Å². The smallest absolute Gasteiger partial charge is 0.232 e. The van der Waals surface area contributed by atoms with Gasteiger partial charge < -0.3 is 15.1 Å². The number of likely N-dealkylation sites (N-methyl/N-ethyl adjacent to an activating group) is 1. The fourth-order valence-electron chi connectivity index (χ4n) is 2.34. The largest absolute Gasteiger partial charge is 0.354 e. The van der Waals surface area contributed by atoms with Crippen LogP contribution < -0.4 is 15.1 Å². The molecule has 1 aromatic rings. The van der Waals surface area contributed by atoms with Gasteiger partial charge in [0, 0.05) is 45.8 Å². The van der Waals surface area contributed by atoms with E-state index in [-0.39, 0.29) is 5.54 Å². The first-order valence-electron chi connectivity index (χ1n) is 7.47. The van der Waals surface area contributed by atoms with Gasteiger partial charge in [0.2, 0.25) is 17.8 Å². The maximum Gasteiger partial charge on any atom is 0.232 e. The van der Waals surface area contributed by atoms with E-state index in [1.54, 1.807) is 0 Å². The third-order valence-corrected chi connectivity index (χ3v) is 3.95. The SMILES string of the molecule is CCNc1nc(N(C)C)nc(N2CCN(C)C(C)(C)C2)n1. The van der Waals surface area contributed by atoms with Gasteiger partial charge in [0.25, 0.3) is 0 Å². The Labute approximate surface area is 127 Å². The summed E-state index contributed by atoms with van der Waals surface area (Å²) in [6.45, 7) is 10.2. The number of piperazine rings is 1. The van der Waals surface area contributed by atoms with Crippen LogP contribution in [-0.4, -0.2) is 72.7 Å². The lowest BCUT2D eigenvalue weighted by Gasteiger charge is -2.45. The fraction of sp³-hybridized carbons (Fsp3) is 0.786. The second-order valence-corrected chi connectivity index (χ2v) is 6.34. The molecule has 1 fully saturated rings. The normalized spacial score (nSPS) is 18.7. The van der Waals surface area contributed by atoms with Crippen LogP contribution in [0.5, 0.6) is 0 Å². The zero-order valence-corrected chi connectivity index (χ0v) is 14.0. The van der Waals surface area contributed by atoms with Gasteiger partial charge in [-0.15, -0.1) is 0 Å². The van der Waals surface area contributed by atoms with Crippen LogP contribution in [0.25, 0.3) is 0 Å². The summed E-state index contributed by atoms with van der Waals surface area (Å²) in [5.74, 6) is 2.08. The number of rotatable bonds is 4. The Morgan fingerprint density at radius 2 is 1.90 bits per heavy atom. The molecule has 0 unspecified atom stereocenters. The van der Waals surface area contributed by atoms with Crippen molar-refractivity contribution in [1.29, 1.82) is 0 Å².